The first-order valence-electron chi connectivity index (χ1n) is 7.00. The molecule has 0 saturated carbocycles. The predicted octanol–water partition coefficient (Wildman–Crippen LogP) is 2.59. The number of aryl methyl sites for hydroxylation is 1. The number of anilines is 2. The normalized spacial score (nSPS) is 23.4. The number of hydrogen-bond acceptors (Lipinski definition) is 6. The number of thiophene rings is 1. The number of fused-ring (bicyclic) bond motifs is 1. The molecule has 0 aliphatic carbocycles. The summed E-state index contributed by atoms with van der Waals surface area (Å²) in [5.41, 5.74) is 5.89. The van der Waals surface area contributed by atoms with Crippen LogP contribution in [0.5, 0.6) is 0 Å². The molecule has 0 spiro atoms. The minimum absolute atomic E-state index is 0.212. The molecule has 6 heteroatoms. The maximum absolute atomic E-state index is 5.89. The number of hydrogen-bond donors (Lipinski definition) is 1. The van der Waals surface area contributed by atoms with Crippen LogP contribution in [-0.2, 0) is 4.74 Å². The Hall–Kier alpha value is -1.40. The van der Waals surface area contributed by atoms with Crippen molar-refractivity contribution in [3.63, 3.8) is 0 Å². The SMILES string of the molecule is CCC1COC(C)CN1c1nc(N)nc2sc(C)cc12. The molecule has 0 radical (unpaired) electrons. The van der Waals surface area contributed by atoms with Gasteiger partial charge in [0.1, 0.15) is 10.6 Å². The highest BCUT2D eigenvalue weighted by Crippen LogP contribution is 2.33. The molecule has 2 aromatic rings. The zero-order valence-electron chi connectivity index (χ0n) is 12.1. The van der Waals surface area contributed by atoms with E-state index >= 15 is 0 Å². The Kier molecular flexibility index (Phi) is 3.52. The number of nitrogens with two attached hydrogens (primary N) is 1. The average molecular weight is 292 g/mol. The molecular weight excluding hydrogens is 272 g/mol. The van der Waals surface area contributed by atoms with Crippen LogP contribution in [0.1, 0.15) is 25.1 Å². The second-order valence-corrected chi connectivity index (χ2v) is 6.57. The Morgan fingerprint density at radius 2 is 2.30 bits per heavy atom. The minimum Gasteiger partial charge on any atom is -0.375 e. The molecule has 2 unspecified atom stereocenters. The predicted molar refractivity (Wildman–Crippen MR) is 83.4 cm³/mol. The van der Waals surface area contributed by atoms with E-state index in [1.54, 1.807) is 11.3 Å². The first-order valence-corrected chi connectivity index (χ1v) is 7.82. The molecule has 20 heavy (non-hydrogen) atoms. The van der Waals surface area contributed by atoms with Crippen molar-refractivity contribution in [3.05, 3.63) is 10.9 Å². The average Bonchev–Trinajstić information content (AvgIpc) is 2.77. The van der Waals surface area contributed by atoms with E-state index in [1.807, 2.05) is 0 Å². The van der Waals surface area contributed by atoms with Gasteiger partial charge in [-0.05, 0) is 26.3 Å². The Morgan fingerprint density at radius 1 is 1.50 bits per heavy atom. The number of nitrogen functional groups attached to an aromatic ring is 1. The van der Waals surface area contributed by atoms with Gasteiger partial charge in [-0.15, -0.1) is 11.3 Å². The summed E-state index contributed by atoms with van der Waals surface area (Å²) >= 11 is 1.67. The van der Waals surface area contributed by atoms with Crippen molar-refractivity contribution in [2.24, 2.45) is 0 Å². The number of nitrogens with zero attached hydrogens (tertiary/aromatic N) is 3. The second-order valence-electron chi connectivity index (χ2n) is 5.34. The van der Waals surface area contributed by atoms with Crippen LogP contribution >= 0.6 is 11.3 Å². The molecule has 5 nitrogen and oxygen atoms in total. The maximum atomic E-state index is 5.89. The molecule has 3 rings (SSSR count). The molecule has 108 valence electrons. The Bertz CT molecular complexity index is 627. The number of aromatic nitrogens is 2. The molecule has 2 atom stereocenters. The Balaban J connectivity index is 2.11. The van der Waals surface area contributed by atoms with Crippen molar-refractivity contribution < 1.29 is 4.74 Å². The van der Waals surface area contributed by atoms with E-state index in [4.69, 9.17) is 10.5 Å². The fourth-order valence-electron chi connectivity index (χ4n) is 2.70. The quantitative estimate of drug-likeness (QED) is 0.921. The first-order chi connectivity index (χ1) is 9.58. The third-order valence-electron chi connectivity index (χ3n) is 3.72. The van der Waals surface area contributed by atoms with Crippen molar-refractivity contribution in [2.75, 3.05) is 23.8 Å². The molecule has 1 aliphatic rings. The van der Waals surface area contributed by atoms with Gasteiger partial charge in [0.2, 0.25) is 5.95 Å². The van der Waals surface area contributed by atoms with Crippen LogP contribution in [0.15, 0.2) is 6.07 Å². The summed E-state index contributed by atoms with van der Waals surface area (Å²) in [7, 11) is 0. The lowest BCUT2D eigenvalue weighted by Gasteiger charge is -2.39. The van der Waals surface area contributed by atoms with Gasteiger partial charge in [0, 0.05) is 11.4 Å². The highest BCUT2D eigenvalue weighted by Gasteiger charge is 2.28. The van der Waals surface area contributed by atoms with Crippen LogP contribution in [-0.4, -0.2) is 35.3 Å². The van der Waals surface area contributed by atoms with E-state index in [1.165, 1.54) is 4.88 Å². The summed E-state index contributed by atoms with van der Waals surface area (Å²) in [6.45, 7) is 7.95. The molecule has 1 saturated heterocycles. The largest absolute Gasteiger partial charge is 0.375 e. The van der Waals surface area contributed by atoms with Gasteiger partial charge in [-0.25, -0.2) is 4.98 Å². The minimum atomic E-state index is 0.212. The lowest BCUT2D eigenvalue weighted by Crippen LogP contribution is -2.49. The Labute approximate surface area is 122 Å². The second kappa shape index (κ2) is 5.18. The number of ether oxygens (including phenoxy) is 1. The lowest BCUT2D eigenvalue weighted by atomic mass is 10.1. The summed E-state index contributed by atoms with van der Waals surface area (Å²) in [6, 6.07) is 2.51. The highest BCUT2D eigenvalue weighted by molar-refractivity contribution is 7.18. The molecule has 0 bridgehead atoms. The van der Waals surface area contributed by atoms with Crippen LogP contribution in [0, 0.1) is 6.92 Å². The molecule has 1 aliphatic heterocycles. The summed E-state index contributed by atoms with van der Waals surface area (Å²) < 4.78 is 5.77. The van der Waals surface area contributed by atoms with Gasteiger partial charge in [0.05, 0.1) is 24.1 Å². The molecule has 2 aromatic heterocycles. The van der Waals surface area contributed by atoms with Gasteiger partial charge in [-0.1, -0.05) is 6.92 Å². The summed E-state index contributed by atoms with van der Waals surface area (Å²) in [4.78, 5) is 13.4. The molecule has 0 amide bonds. The van der Waals surface area contributed by atoms with Crippen LogP contribution in [0.4, 0.5) is 11.8 Å². The summed E-state index contributed by atoms with van der Waals surface area (Å²) in [5.74, 6) is 1.31. The van der Waals surface area contributed by atoms with E-state index in [9.17, 15) is 0 Å². The monoisotopic (exact) mass is 292 g/mol. The fourth-order valence-corrected chi connectivity index (χ4v) is 3.58. The van der Waals surface area contributed by atoms with E-state index in [-0.39, 0.29) is 6.10 Å². The maximum Gasteiger partial charge on any atom is 0.223 e. The molecule has 2 N–H and O–H groups in total. The van der Waals surface area contributed by atoms with E-state index in [2.05, 4.69) is 41.7 Å². The van der Waals surface area contributed by atoms with Crippen molar-refractivity contribution in [3.8, 4) is 0 Å². The zero-order valence-corrected chi connectivity index (χ0v) is 12.9. The highest BCUT2D eigenvalue weighted by atomic mass is 32.1. The first kappa shape index (κ1) is 13.6. The smallest absolute Gasteiger partial charge is 0.223 e. The molecule has 1 fully saturated rings. The lowest BCUT2D eigenvalue weighted by molar-refractivity contribution is 0.0297. The number of morpholine rings is 1. The topological polar surface area (TPSA) is 64.3 Å². The van der Waals surface area contributed by atoms with Gasteiger partial charge in [0.25, 0.3) is 0 Å². The third-order valence-corrected chi connectivity index (χ3v) is 4.67. The van der Waals surface area contributed by atoms with Gasteiger partial charge < -0.3 is 15.4 Å². The van der Waals surface area contributed by atoms with E-state index in [0.717, 1.165) is 35.6 Å². The molecule has 3 heterocycles. The van der Waals surface area contributed by atoms with E-state index in [0.29, 0.717) is 12.0 Å². The molecule has 0 aromatic carbocycles. The van der Waals surface area contributed by atoms with Crippen molar-refractivity contribution in [1.29, 1.82) is 0 Å². The van der Waals surface area contributed by atoms with E-state index < -0.39 is 0 Å². The number of rotatable bonds is 2. The summed E-state index contributed by atoms with van der Waals surface area (Å²) in [5, 5.41) is 1.11. The summed E-state index contributed by atoms with van der Waals surface area (Å²) in [6.07, 6.45) is 1.24. The van der Waals surface area contributed by atoms with Crippen LogP contribution in [0.25, 0.3) is 10.2 Å². The van der Waals surface area contributed by atoms with Crippen molar-refractivity contribution >= 4 is 33.3 Å². The van der Waals surface area contributed by atoms with Crippen LogP contribution in [0.3, 0.4) is 0 Å². The van der Waals surface area contributed by atoms with Gasteiger partial charge in [0.15, 0.2) is 0 Å². The standard InChI is InChI=1S/C14H20N4OS/c1-4-10-7-19-8(2)6-18(10)12-11-5-9(3)20-13(11)17-14(15)16-12/h5,8,10H,4,6-7H2,1-3H3,(H2,15,16,17). The van der Waals surface area contributed by atoms with Gasteiger partial charge in [-0.2, -0.15) is 4.98 Å². The fraction of sp³-hybridized carbons (Fsp3) is 0.571. The van der Waals surface area contributed by atoms with Crippen molar-refractivity contribution in [1.82, 2.24) is 9.97 Å². The van der Waals surface area contributed by atoms with Gasteiger partial charge in [-0.3, -0.25) is 0 Å². The van der Waals surface area contributed by atoms with Crippen molar-refractivity contribution in [2.45, 2.75) is 39.3 Å². The Morgan fingerprint density at radius 3 is 3.05 bits per heavy atom. The van der Waals surface area contributed by atoms with Crippen LogP contribution < -0.4 is 10.6 Å². The zero-order chi connectivity index (χ0) is 14.3. The third kappa shape index (κ3) is 2.33. The van der Waals surface area contributed by atoms with Crippen LogP contribution in [0.2, 0.25) is 0 Å². The van der Waals surface area contributed by atoms with Gasteiger partial charge >= 0.3 is 0 Å². The molecular formula is C14H20N4OS.